The Labute approximate surface area is 156 Å². The largest absolute Gasteiger partial charge is 0.497 e. The van der Waals surface area contributed by atoms with Gasteiger partial charge in [-0.1, -0.05) is 0 Å². The van der Waals surface area contributed by atoms with Crippen LogP contribution in [-0.2, 0) is 4.79 Å². The number of ether oxygens (including phenoxy) is 1. The normalized spacial score (nSPS) is 16.6. The van der Waals surface area contributed by atoms with E-state index in [0.29, 0.717) is 18.9 Å². The van der Waals surface area contributed by atoms with Crippen molar-refractivity contribution < 1.29 is 9.53 Å². The van der Waals surface area contributed by atoms with Gasteiger partial charge >= 0.3 is 0 Å². The molecule has 2 aromatic heterocycles. The first-order chi connectivity index (χ1) is 13.1. The fourth-order valence-corrected chi connectivity index (χ4v) is 3.06. The number of anilines is 1. The van der Waals surface area contributed by atoms with Crippen LogP contribution >= 0.6 is 0 Å². The summed E-state index contributed by atoms with van der Waals surface area (Å²) in [6.45, 7) is 0.655. The minimum absolute atomic E-state index is 0.0276. The predicted molar refractivity (Wildman–Crippen MR) is 101 cm³/mol. The molecule has 0 spiro atoms. The quantitative estimate of drug-likeness (QED) is 0.745. The highest BCUT2D eigenvalue weighted by atomic mass is 16.5. The number of hydrogen-bond donors (Lipinski definition) is 1. The number of aromatic nitrogens is 4. The summed E-state index contributed by atoms with van der Waals surface area (Å²) >= 11 is 0. The molecule has 1 amide bonds. The van der Waals surface area contributed by atoms with Crippen molar-refractivity contribution in [2.75, 3.05) is 26.0 Å². The van der Waals surface area contributed by atoms with Gasteiger partial charge in [-0.3, -0.25) is 4.79 Å². The number of hydrogen-bond acceptors (Lipinski definition) is 6. The van der Waals surface area contributed by atoms with Gasteiger partial charge in [0.1, 0.15) is 5.75 Å². The molecule has 3 aromatic rings. The van der Waals surface area contributed by atoms with Gasteiger partial charge < -0.3 is 15.0 Å². The van der Waals surface area contributed by atoms with Crippen LogP contribution in [0, 0.1) is 0 Å². The van der Waals surface area contributed by atoms with E-state index < -0.39 is 0 Å². The summed E-state index contributed by atoms with van der Waals surface area (Å²) < 4.78 is 6.97. The number of nitrogens with zero attached hydrogens (tertiary/aromatic N) is 5. The molecule has 1 aromatic carbocycles. The Bertz CT molecular complexity index is 953. The summed E-state index contributed by atoms with van der Waals surface area (Å²) in [5.41, 5.74) is 2.59. The molecule has 0 radical (unpaired) electrons. The van der Waals surface area contributed by atoms with E-state index in [2.05, 4.69) is 20.4 Å². The van der Waals surface area contributed by atoms with Crippen LogP contribution in [0.4, 0.5) is 5.95 Å². The van der Waals surface area contributed by atoms with Crippen molar-refractivity contribution in [3.63, 3.8) is 0 Å². The summed E-state index contributed by atoms with van der Waals surface area (Å²) in [7, 11) is 3.44. The molecule has 1 saturated heterocycles. The Kier molecular flexibility index (Phi) is 4.45. The summed E-state index contributed by atoms with van der Waals surface area (Å²) in [4.78, 5) is 22.2. The molecule has 4 rings (SSSR count). The van der Waals surface area contributed by atoms with Crippen LogP contribution in [0.2, 0.25) is 0 Å². The predicted octanol–water partition coefficient (Wildman–Crippen LogP) is 1.98. The van der Waals surface area contributed by atoms with Crippen LogP contribution < -0.4 is 10.1 Å². The fraction of sp³-hybridized carbons (Fsp3) is 0.263. The molecule has 1 N–H and O–H groups in total. The molecule has 8 nitrogen and oxygen atoms in total. The van der Waals surface area contributed by atoms with Crippen LogP contribution in [0.1, 0.15) is 6.42 Å². The lowest BCUT2D eigenvalue weighted by Crippen LogP contribution is -2.25. The Morgan fingerprint density at radius 2 is 2.04 bits per heavy atom. The van der Waals surface area contributed by atoms with Crippen molar-refractivity contribution in [3.05, 3.63) is 48.9 Å². The number of carbonyl (C=O) groups excluding carboxylic acids is 1. The van der Waals surface area contributed by atoms with Crippen LogP contribution in [0.25, 0.3) is 16.9 Å². The Hall–Kier alpha value is -3.42. The monoisotopic (exact) mass is 364 g/mol. The minimum Gasteiger partial charge on any atom is -0.497 e. The van der Waals surface area contributed by atoms with Crippen LogP contribution in [0.3, 0.4) is 0 Å². The van der Waals surface area contributed by atoms with Crippen LogP contribution in [0.15, 0.2) is 48.9 Å². The molecule has 0 aliphatic carbocycles. The average molecular weight is 364 g/mol. The first kappa shape index (κ1) is 17.0. The molecule has 3 heterocycles. The maximum absolute atomic E-state index is 11.7. The zero-order valence-electron chi connectivity index (χ0n) is 15.2. The van der Waals surface area contributed by atoms with E-state index in [1.165, 1.54) is 0 Å². The average Bonchev–Trinajstić information content (AvgIpc) is 3.29. The van der Waals surface area contributed by atoms with E-state index in [-0.39, 0.29) is 11.9 Å². The molecule has 1 fully saturated rings. The number of likely N-dealkylation sites (tertiary alicyclic amines) is 1. The molecule has 1 aliphatic rings. The van der Waals surface area contributed by atoms with Gasteiger partial charge in [0.05, 0.1) is 30.7 Å². The lowest BCUT2D eigenvalue weighted by Gasteiger charge is -2.12. The van der Waals surface area contributed by atoms with E-state index in [0.717, 1.165) is 22.7 Å². The number of benzene rings is 1. The number of carbonyl (C=O) groups is 1. The second-order valence-corrected chi connectivity index (χ2v) is 6.46. The Balaban J connectivity index is 1.52. The maximum atomic E-state index is 11.7. The standard InChI is InChI=1S/C19H20N6O2/c1-24-12-14(9-18(24)26)22-19-20-8-7-17(23-19)13-10-21-25(11-13)15-3-5-16(27-2)6-4-15/h3-8,10-11,14H,9,12H2,1-2H3,(H,20,22,23)/t14-/m0/s1. The Morgan fingerprint density at radius 1 is 1.22 bits per heavy atom. The highest BCUT2D eigenvalue weighted by Crippen LogP contribution is 2.21. The molecule has 138 valence electrons. The molecular weight excluding hydrogens is 344 g/mol. The van der Waals surface area contributed by atoms with Gasteiger partial charge in [-0.15, -0.1) is 0 Å². The SMILES string of the molecule is COc1ccc(-n2cc(-c3ccnc(N[C@H]4CC(=O)N(C)C4)n3)cn2)cc1. The molecule has 1 aliphatic heterocycles. The van der Waals surface area contributed by atoms with Gasteiger partial charge in [-0.05, 0) is 30.3 Å². The number of amides is 1. The van der Waals surface area contributed by atoms with Crippen LogP contribution in [0.5, 0.6) is 5.75 Å². The lowest BCUT2D eigenvalue weighted by atomic mass is 10.2. The number of rotatable bonds is 5. The molecule has 0 saturated carbocycles. The number of likely N-dealkylation sites (N-methyl/N-ethyl adjacent to an activating group) is 1. The van der Waals surface area contributed by atoms with Crippen LogP contribution in [-0.4, -0.2) is 57.3 Å². The van der Waals surface area contributed by atoms with Crippen molar-refractivity contribution in [2.24, 2.45) is 0 Å². The van der Waals surface area contributed by atoms with E-state index >= 15 is 0 Å². The summed E-state index contributed by atoms with van der Waals surface area (Å²) in [5.74, 6) is 1.44. The Morgan fingerprint density at radius 3 is 2.74 bits per heavy atom. The third kappa shape index (κ3) is 3.59. The number of nitrogens with one attached hydrogen (secondary N) is 1. The van der Waals surface area contributed by atoms with Gasteiger partial charge in [0.2, 0.25) is 11.9 Å². The minimum atomic E-state index is 0.0276. The smallest absolute Gasteiger partial charge is 0.224 e. The molecule has 1 atom stereocenters. The van der Waals surface area contributed by atoms with Crippen molar-refractivity contribution in [3.8, 4) is 22.7 Å². The first-order valence-corrected chi connectivity index (χ1v) is 8.65. The second-order valence-electron chi connectivity index (χ2n) is 6.46. The van der Waals surface area contributed by atoms with Gasteiger partial charge in [0.15, 0.2) is 0 Å². The van der Waals surface area contributed by atoms with E-state index in [9.17, 15) is 4.79 Å². The van der Waals surface area contributed by atoms with E-state index in [1.807, 2.05) is 36.5 Å². The first-order valence-electron chi connectivity index (χ1n) is 8.65. The molecular formula is C19H20N6O2. The molecule has 0 bridgehead atoms. The summed E-state index contributed by atoms with van der Waals surface area (Å²) in [6, 6.07) is 9.53. The van der Waals surface area contributed by atoms with Crippen molar-refractivity contribution in [1.82, 2.24) is 24.6 Å². The van der Waals surface area contributed by atoms with Crippen molar-refractivity contribution in [1.29, 1.82) is 0 Å². The lowest BCUT2D eigenvalue weighted by molar-refractivity contribution is -0.126. The van der Waals surface area contributed by atoms with Crippen molar-refractivity contribution in [2.45, 2.75) is 12.5 Å². The van der Waals surface area contributed by atoms with E-state index in [1.54, 1.807) is 36.1 Å². The molecule has 27 heavy (non-hydrogen) atoms. The van der Waals surface area contributed by atoms with Gasteiger partial charge in [-0.25, -0.2) is 14.6 Å². The number of methoxy groups -OCH3 is 1. The third-order valence-electron chi connectivity index (χ3n) is 4.55. The molecule has 8 heteroatoms. The topological polar surface area (TPSA) is 85.2 Å². The maximum Gasteiger partial charge on any atom is 0.224 e. The summed E-state index contributed by atoms with van der Waals surface area (Å²) in [6.07, 6.45) is 5.85. The fourth-order valence-electron chi connectivity index (χ4n) is 3.06. The highest BCUT2D eigenvalue weighted by Gasteiger charge is 2.27. The third-order valence-corrected chi connectivity index (χ3v) is 4.55. The van der Waals surface area contributed by atoms with Crippen molar-refractivity contribution >= 4 is 11.9 Å². The molecule has 0 unspecified atom stereocenters. The van der Waals surface area contributed by atoms with Gasteiger partial charge in [0, 0.05) is 38.0 Å². The second kappa shape index (κ2) is 7.06. The zero-order valence-corrected chi connectivity index (χ0v) is 15.2. The summed E-state index contributed by atoms with van der Waals surface area (Å²) in [5, 5.41) is 7.65. The zero-order chi connectivity index (χ0) is 18.8. The van der Waals surface area contributed by atoms with E-state index in [4.69, 9.17) is 4.74 Å². The van der Waals surface area contributed by atoms with Gasteiger partial charge in [-0.2, -0.15) is 5.10 Å². The van der Waals surface area contributed by atoms with Gasteiger partial charge in [0.25, 0.3) is 0 Å². The highest BCUT2D eigenvalue weighted by molar-refractivity contribution is 5.79.